The van der Waals surface area contributed by atoms with Gasteiger partial charge in [-0.2, -0.15) is 0 Å². The normalized spacial score (nSPS) is 10.9. The lowest BCUT2D eigenvalue weighted by atomic mass is 10.1. The predicted molar refractivity (Wildman–Crippen MR) is 75.1 cm³/mol. The van der Waals surface area contributed by atoms with Crippen LogP contribution in [0, 0.1) is 0 Å². The summed E-state index contributed by atoms with van der Waals surface area (Å²) >= 11 is 0. The highest BCUT2D eigenvalue weighted by Crippen LogP contribution is 2.10. The van der Waals surface area contributed by atoms with Crippen LogP contribution in [0.2, 0.25) is 0 Å². The number of carbonyl (C=O) groups excluding carboxylic acids is 1. The standard InChI is InChI=1S/C15H29NO/c1-2-3-4-5-6-7-8-9-10-11-12-13-14-16-15-17/h12-13,15H,2-11,14H2,1H3,(H,16,17)/b13-12+. The first-order valence-electron chi connectivity index (χ1n) is 7.23. The van der Waals surface area contributed by atoms with Gasteiger partial charge < -0.3 is 5.32 Å². The minimum atomic E-state index is 0.668. The van der Waals surface area contributed by atoms with Crippen molar-refractivity contribution in [2.24, 2.45) is 0 Å². The third-order valence-electron chi connectivity index (χ3n) is 2.96. The Morgan fingerprint density at radius 3 is 2.00 bits per heavy atom. The van der Waals surface area contributed by atoms with Crippen molar-refractivity contribution in [3.8, 4) is 0 Å². The fraction of sp³-hybridized carbons (Fsp3) is 0.800. The van der Waals surface area contributed by atoms with Crippen LogP contribution in [0.1, 0.15) is 71.1 Å². The van der Waals surface area contributed by atoms with Gasteiger partial charge in [0.05, 0.1) is 0 Å². The molecule has 0 bridgehead atoms. The molecule has 0 aliphatic rings. The molecule has 0 aromatic carbocycles. The van der Waals surface area contributed by atoms with Gasteiger partial charge in [0.1, 0.15) is 0 Å². The third kappa shape index (κ3) is 15.2. The van der Waals surface area contributed by atoms with Crippen LogP contribution in [0.4, 0.5) is 0 Å². The summed E-state index contributed by atoms with van der Waals surface area (Å²) in [6.45, 7) is 2.93. The van der Waals surface area contributed by atoms with Crippen molar-refractivity contribution < 1.29 is 4.79 Å². The molecule has 0 radical (unpaired) electrons. The van der Waals surface area contributed by atoms with Crippen molar-refractivity contribution in [3.63, 3.8) is 0 Å². The van der Waals surface area contributed by atoms with E-state index in [9.17, 15) is 4.79 Å². The van der Waals surface area contributed by atoms with E-state index in [-0.39, 0.29) is 0 Å². The first-order chi connectivity index (χ1) is 8.41. The molecule has 0 unspecified atom stereocenters. The van der Waals surface area contributed by atoms with Crippen LogP contribution >= 0.6 is 0 Å². The van der Waals surface area contributed by atoms with E-state index >= 15 is 0 Å². The first-order valence-corrected chi connectivity index (χ1v) is 7.23. The number of hydrogen-bond donors (Lipinski definition) is 1. The van der Waals surface area contributed by atoms with Gasteiger partial charge in [-0.25, -0.2) is 0 Å². The molecule has 0 aliphatic heterocycles. The molecular weight excluding hydrogens is 210 g/mol. The van der Waals surface area contributed by atoms with E-state index in [0.717, 1.165) is 12.8 Å². The maximum absolute atomic E-state index is 9.96. The van der Waals surface area contributed by atoms with Gasteiger partial charge in [-0.3, -0.25) is 4.79 Å². The summed E-state index contributed by atoms with van der Waals surface area (Å²) in [6, 6.07) is 0. The van der Waals surface area contributed by atoms with Gasteiger partial charge in [0.15, 0.2) is 0 Å². The van der Waals surface area contributed by atoms with Crippen molar-refractivity contribution in [2.45, 2.75) is 71.1 Å². The summed E-state index contributed by atoms with van der Waals surface area (Å²) in [5.74, 6) is 0. The van der Waals surface area contributed by atoms with E-state index < -0.39 is 0 Å². The van der Waals surface area contributed by atoms with Crippen molar-refractivity contribution in [2.75, 3.05) is 6.54 Å². The fourth-order valence-electron chi connectivity index (χ4n) is 1.89. The Hall–Kier alpha value is -0.790. The molecule has 2 heteroatoms. The zero-order valence-electron chi connectivity index (χ0n) is 11.4. The van der Waals surface area contributed by atoms with Gasteiger partial charge in [0.2, 0.25) is 6.41 Å². The van der Waals surface area contributed by atoms with E-state index in [1.165, 1.54) is 57.8 Å². The summed E-state index contributed by atoms with van der Waals surface area (Å²) in [4.78, 5) is 9.96. The Kier molecular flexibility index (Phi) is 14.5. The minimum absolute atomic E-state index is 0.668. The monoisotopic (exact) mass is 239 g/mol. The number of unbranched alkanes of at least 4 members (excludes halogenated alkanes) is 9. The molecule has 0 atom stereocenters. The molecule has 0 saturated carbocycles. The number of rotatable bonds is 13. The quantitative estimate of drug-likeness (QED) is 0.291. The Labute approximate surface area is 107 Å². The van der Waals surface area contributed by atoms with E-state index in [2.05, 4.69) is 18.3 Å². The molecule has 0 heterocycles. The molecular formula is C15H29NO. The van der Waals surface area contributed by atoms with Gasteiger partial charge in [-0.15, -0.1) is 0 Å². The van der Waals surface area contributed by atoms with Crippen molar-refractivity contribution in [1.29, 1.82) is 0 Å². The van der Waals surface area contributed by atoms with Crippen LogP contribution in [0.5, 0.6) is 0 Å². The van der Waals surface area contributed by atoms with Gasteiger partial charge in [0, 0.05) is 6.54 Å². The van der Waals surface area contributed by atoms with Gasteiger partial charge >= 0.3 is 0 Å². The van der Waals surface area contributed by atoms with Crippen LogP contribution in [-0.4, -0.2) is 13.0 Å². The van der Waals surface area contributed by atoms with Crippen molar-refractivity contribution in [3.05, 3.63) is 12.2 Å². The van der Waals surface area contributed by atoms with Crippen LogP contribution in [0.25, 0.3) is 0 Å². The minimum Gasteiger partial charge on any atom is -0.355 e. The van der Waals surface area contributed by atoms with E-state index in [0.29, 0.717) is 6.54 Å². The van der Waals surface area contributed by atoms with Crippen molar-refractivity contribution in [1.82, 2.24) is 5.32 Å². The lowest BCUT2D eigenvalue weighted by Gasteiger charge is -2.00. The van der Waals surface area contributed by atoms with Gasteiger partial charge in [-0.05, 0) is 12.8 Å². The summed E-state index contributed by atoms with van der Waals surface area (Å²) < 4.78 is 0. The summed E-state index contributed by atoms with van der Waals surface area (Å²) in [5.41, 5.74) is 0. The molecule has 0 rings (SSSR count). The zero-order valence-corrected chi connectivity index (χ0v) is 11.4. The largest absolute Gasteiger partial charge is 0.355 e. The van der Waals surface area contributed by atoms with E-state index in [4.69, 9.17) is 0 Å². The third-order valence-corrected chi connectivity index (χ3v) is 2.96. The average Bonchev–Trinajstić information content (AvgIpc) is 2.35. The highest BCUT2D eigenvalue weighted by atomic mass is 16.1. The number of amides is 1. The highest BCUT2D eigenvalue weighted by Gasteiger charge is 1.90. The fourth-order valence-corrected chi connectivity index (χ4v) is 1.89. The molecule has 0 aromatic heterocycles. The molecule has 2 nitrogen and oxygen atoms in total. The first kappa shape index (κ1) is 16.2. The van der Waals surface area contributed by atoms with Crippen LogP contribution in [0.3, 0.4) is 0 Å². The Balaban J connectivity index is 2.98. The van der Waals surface area contributed by atoms with Gasteiger partial charge in [0.25, 0.3) is 0 Å². The number of carbonyl (C=O) groups is 1. The Morgan fingerprint density at radius 1 is 0.824 bits per heavy atom. The summed E-state index contributed by atoms with van der Waals surface area (Å²) in [7, 11) is 0. The van der Waals surface area contributed by atoms with E-state index in [1.807, 2.05) is 6.08 Å². The molecule has 100 valence electrons. The van der Waals surface area contributed by atoms with E-state index in [1.54, 1.807) is 0 Å². The molecule has 0 saturated heterocycles. The highest BCUT2D eigenvalue weighted by molar-refractivity contribution is 5.46. The second-order valence-electron chi connectivity index (χ2n) is 4.61. The lowest BCUT2D eigenvalue weighted by Crippen LogP contribution is -2.09. The maximum atomic E-state index is 9.96. The molecule has 0 fully saturated rings. The lowest BCUT2D eigenvalue weighted by molar-refractivity contribution is -0.109. The molecule has 0 aliphatic carbocycles. The average molecular weight is 239 g/mol. The topological polar surface area (TPSA) is 29.1 Å². The second kappa shape index (κ2) is 15.2. The van der Waals surface area contributed by atoms with Crippen molar-refractivity contribution >= 4 is 6.41 Å². The number of allylic oxidation sites excluding steroid dienone is 1. The molecule has 1 N–H and O–H groups in total. The zero-order chi connectivity index (χ0) is 12.6. The number of hydrogen-bond acceptors (Lipinski definition) is 1. The number of nitrogens with one attached hydrogen (secondary N) is 1. The summed E-state index contributed by atoms with van der Waals surface area (Å²) in [6.07, 6.45) is 18.5. The smallest absolute Gasteiger partial charge is 0.207 e. The summed E-state index contributed by atoms with van der Waals surface area (Å²) in [5, 5.41) is 2.62. The SMILES string of the molecule is CCCCCCCCCCC/C=C/CNC=O. The van der Waals surface area contributed by atoms with Crippen LogP contribution in [0.15, 0.2) is 12.2 Å². The maximum Gasteiger partial charge on any atom is 0.207 e. The molecule has 0 spiro atoms. The second-order valence-corrected chi connectivity index (χ2v) is 4.61. The predicted octanol–water partition coefficient (Wildman–Crippen LogP) is 4.21. The van der Waals surface area contributed by atoms with Gasteiger partial charge in [-0.1, -0.05) is 70.4 Å². The Bertz CT molecular complexity index is 178. The Morgan fingerprint density at radius 2 is 1.41 bits per heavy atom. The molecule has 0 aromatic rings. The van der Waals surface area contributed by atoms with Crippen LogP contribution in [-0.2, 0) is 4.79 Å². The molecule has 1 amide bonds. The van der Waals surface area contributed by atoms with Crippen LogP contribution < -0.4 is 5.32 Å². The molecule has 17 heavy (non-hydrogen) atoms.